The van der Waals surface area contributed by atoms with Gasteiger partial charge in [-0.05, 0) is 37.1 Å². The van der Waals surface area contributed by atoms with E-state index in [1.807, 2.05) is 24.5 Å². The van der Waals surface area contributed by atoms with Crippen molar-refractivity contribution in [3.05, 3.63) is 35.2 Å². The quantitative estimate of drug-likeness (QED) is 0.947. The van der Waals surface area contributed by atoms with Gasteiger partial charge in [-0.2, -0.15) is 0 Å². The van der Waals surface area contributed by atoms with E-state index in [0.717, 1.165) is 36.8 Å². The minimum atomic E-state index is 0. The van der Waals surface area contributed by atoms with E-state index in [1.165, 1.54) is 12.1 Å². The average Bonchev–Trinajstić information content (AvgIpc) is 2.96. The lowest BCUT2D eigenvalue weighted by Crippen LogP contribution is -2.31. The van der Waals surface area contributed by atoms with Crippen molar-refractivity contribution in [3.8, 4) is 0 Å². The van der Waals surface area contributed by atoms with Crippen LogP contribution < -0.4 is 5.73 Å². The molecule has 6 heteroatoms. The fourth-order valence-corrected chi connectivity index (χ4v) is 2.94. The van der Waals surface area contributed by atoms with Crippen molar-refractivity contribution in [2.24, 2.45) is 11.1 Å². The number of likely N-dealkylation sites (tertiary alicyclic amines) is 1. The first-order valence-corrected chi connectivity index (χ1v) is 7.01. The van der Waals surface area contributed by atoms with Crippen molar-refractivity contribution < 1.29 is 0 Å². The first-order chi connectivity index (χ1) is 9.09. The lowest BCUT2D eigenvalue weighted by Gasteiger charge is -2.22. The number of aromatic nitrogens is 2. The van der Waals surface area contributed by atoms with Crippen molar-refractivity contribution in [3.63, 3.8) is 0 Å². The SMILES string of the molecule is CC1(CN)CCN(Cc2cnc3ccc(Cl)cn23)C1.Cl. The summed E-state index contributed by atoms with van der Waals surface area (Å²) in [6, 6.07) is 3.81. The largest absolute Gasteiger partial charge is 0.330 e. The molecule has 2 aromatic heterocycles. The molecule has 0 aromatic carbocycles. The number of halogens is 2. The second kappa shape index (κ2) is 5.90. The third-order valence-electron chi connectivity index (χ3n) is 4.06. The Balaban J connectivity index is 0.00000147. The van der Waals surface area contributed by atoms with E-state index in [9.17, 15) is 0 Å². The Kier molecular flexibility index (Phi) is 4.59. The molecule has 1 aliphatic rings. The summed E-state index contributed by atoms with van der Waals surface area (Å²) in [4.78, 5) is 6.85. The summed E-state index contributed by atoms with van der Waals surface area (Å²) in [7, 11) is 0. The Bertz CT molecular complexity index is 598. The van der Waals surface area contributed by atoms with Crippen LogP contribution in [-0.2, 0) is 6.54 Å². The van der Waals surface area contributed by atoms with Crippen LogP contribution >= 0.6 is 24.0 Å². The van der Waals surface area contributed by atoms with Crippen LogP contribution in [0.3, 0.4) is 0 Å². The summed E-state index contributed by atoms with van der Waals surface area (Å²) in [5.41, 5.74) is 8.24. The van der Waals surface area contributed by atoms with Gasteiger partial charge in [0.05, 0.1) is 16.9 Å². The highest BCUT2D eigenvalue weighted by Gasteiger charge is 2.32. The minimum Gasteiger partial charge on any atom is -0.330 e. The van der Waals surface area contributed by atoms with Crippen LogP contribution in [-0.4, -0.2) is 33.9 Å². The van der Waals surface area contributed by atoms with Crippen LogP contribution in [0, 0.1) is 5.41 Å². The Morgan fingerprint density at radius 2 is 2.25 bits per heavy atom. The summed E-state index contributed by atoms with van der Waals surface area (Å²) in [5, 5.41) is 0.736. The lowest BCUT2D eigenvalue weighted by molar-refractivity contribution is 0.271. The van der Waals surface area contributed by atoms with E-state index in [1.54, 1.807) is 0 Å². The zero-order chi connectivity index (χ0) is 13.5. The van der Waals surface area contributed by atoms with Crippen molar-refractivity contribution in [1.82, 2.24) is 14.3 Å². The fraction of sp³-hybridized carbons (Fsp3) is 0.500. The monoisotopic (exact) mass is 314 g/mol. The van der Waals surface area contributed by atoms with Crippen LogP contribution in [0.25, 0.3) is 5.65 Å². The number of hydrogen-bond acceptors (Lipinski definition) is 3. The maximum absolute atomic E-state index is 6.05. The van der Waals surface area contributed by atoms with Gasteiger partial charge in [-0.1, -0.05) is 18.5 Å². The van der Waals surface area contributed by atoms with Crippen molar-refractivity contribution in [2.75, 3.05) is 19.6 Å². The summed E-state index contributed by atoms with van der Waals surface area (Å²) in [5.74, 6) is 0. The van der Waals surface area contributed by atoms with E-state index in [4.69, 9.17) is 17.3 Å². The average molecular weight is 315 g/mol. The van der Waals surface area contributed by atoms with E-state index in [-0.39, 0.29) is 17.8 Å². The highest BCUT2D eigenvalue weighted by molar-refractivity contribution is 6.30. The molecule has 1 aliphatic heterocycles. The number of nitrogens with two attached hydrogens (primary N) is 1. The normalized spacial score (nSPS) is 23.1. The number of pyridine rings is 1. The van der Waals surface area contributed by atoms with Crippen molar-refractivity contribution in [1.29, 1.82) is 0 Å². The number of imidazole rings is 1. The van der Waals surface area contributed by atoms with Crippen molar-refractivity contribution in [2.45, 2.75) is 19.9 Å². The molecule has 0 radical (unpaired) electrons. The highest BCUT2D eigenvalue weighted by Crippen LogP contribution is 2.29. The number of fused-ring (bicyclic) bond motifs is 1. The summed E-state index contributed by atoms with van der Waals surface area (Å²) in [6.45, 7) is 6.07. The standard InChI is InChI=1S/C14H19ClN4.ClH/c1-14(9-16)4-5-18(10-14)8-12-6-17-13-3-2-11(15)7-19(12)13;/h2-3,6-7H,4-5,8-10,16H2,1H3;1H. The van der Waals surface area contributed by atoms with Gasteiger partial charge in [-0.15, -0.1) is 12.4 Å². The molecule has 4 nitrogen and oxygen atoms in total. The van der Waals surface area contributed by atoms with Crippen LogP contribution in [0.4, 0.5) is 0 Å². The zero-order valence-electron chi connectivity index (χ0n) is 11.6. The molecule has 20 heavy (non-hydrogen) atoms. The number of rotatable bonds is 3. The number of hydrogen-bond donors (Lipinski definition) is 1. The molecular weight excluding hydrogens is 295 g/mol. The van der Waals surface area contributed by atoms with Crippen molar-refractivity contribution >= 4 is 29.7 Å². The van der Waals surface area contributed by atoms with E-state index >= 15 is 0 Å². The van der Waals surface area contributed by atoms with Gasteiger partial charge >= 0.3 is 0 Å². The predicted octanol–water partition coefficient (Wildman–Crippen LogP) is 2.58. The fourth-order valence-electron chi connectivity index (χ4n) is 2.78. The maximum atomic E-state index is 6.05. The van der Waals surface area contributed by atoms with Gasteiger partial charge in [-0.25, -0.2) is 4.98 Å². The molecule has 3 rings (SSSR count). The third kappa shape index (κ3) is 2.93. The molecule has 0 saturated carbocycles. The predicted molar refractivity (Wildman–Crippen MR) is 84.5 cm³/mol. The van der Waals surface area contributed by atoms with Gasteiger partial charge in [0.2, 0.25) is 0 Å². The first-order valence-electron chi connectivity index (χ1n) is 6.64. The third-order valence-corrected chi connectivity index (χ3v) is 4.29. The van der Waals surface area contributed by atoms with E-state index in [0.29, 0.717) is 0 Å². The second-order valence-electron chi connectivity index (χ2n) is 5.80. The molecule has 1 fully saturated rings. The highest BCUT2D eigenvalue weighted by atomic mass is 35.5. The van der Waals surface area contributed by atoms with Crippen LogP contribution in [0.2, 0.25) is 5.02 Å². The molecule has 3 heterocycles. The molecule has 2 N–H and O–H groups in total. The topological polar surface area (TPSA) is 46.6 Å². The Morgan fingerprint density at radius 1 is 1.45 bits per heavy atom. The maximum Gasteiger partial charge on any atom is 0.137 e. The summed E-state index contributed by atoms with van der Waals surface area (Å²) >= 11 is 6.05. The molecule has 0 bridgehead atoms. The van der Waals surface area contributed by atoms with Gasteiger partial charge in [0, 0.05) is 19.3 Å². The molecular formula is C14H20Cl2N4. The smallest absolute Gasteiger partial charge is 0.137 e. The van der Waals surface area contributed by atoms with Gasteiger partial charge in [0.15, 0.2) is 0 Å². The molecule has 2 aromatic rings. The van der Waals surface area contributed by atoms with Crippen LogP contribution in [0.5, 0.6) is 0 Å². The van der Waals surface area contributed by atoms with Gasteiger partial charge in [0.25, 0.3) is 0 Å². The van der Waals surface area contributed by atoms with Gasteiger partial charge < -0.3 is 10.1 Å². The van der Waals surface area contributed by atoms with Crippen LogP contribution in [0.15, 0.2) is 24.5 Å². The minimum absolute atomic E-state index is 0. The summed E-state index contributed by atoms with van der Waals surface area (Å²) < 4.78 is 2.07. The summed E-state index contributed by atoms with van der Waals surface area (Å²) in [6.07, 6.45) is 5.03. The first kappa shape index (κ1) is 15.6. The molecule has 110 valence electrons. The second-order valence-corrected chi connectivity index (χ2v) is 6.24. The molecule has 0 amide bonds. The molecule has 1 atom stereocenters. The molecule has 0 aliphatic carbocycles. The zero-order valence-corrected chi connectivity index (χ0v) is 13.1. The van der Waals surface area contributed by atoms with Crippen LogP contribution in [0.1, 0.15) is 19.0 Å². The Morgan fingerprint density at radius 3 is 2.95 bits per heavy atom. The Hall–Kier alpha value is -0.810. The molecule has 1 saturated heterocycles. The molecule has 0 spiro atoms. The Labute approximate surface area is 130 Å². The number of nitrogens with zero attached hydrogens (tertiary/aromatic N) is 3. The van der Waals surface area contributed by atoms with Gasteiger partial charge in [0.1, 0.15) is 5.65 Å². The molecule has 1 unspecified atom stereocenters. The van der Waals surface area contributed by atoms with Gasteiger partial charge in [-0.3, -0.25) is 4.90 Å². The van der Waals surface area contributed by atoms with E-state index < -0.39 is 0 Å². The van der Waals surface area contributed by atoms with E-state index in [2.05, 4.69) is 21.2 Å². The lowest BCUT2D eigenvalue weighted by atomic mass is 9.90.